The number of hydrogen-bond donors (Lipinski definition) is 0. The van der Waals surface area contributed by atoms with Crippen LogP contribution in [0, 0.1) is 0 Å². The lowest BCUT2D eigenvalue weighted by atomic mass is 10.0. The summed E-state index contributed by atoms with van der Waals surface area (Å²) in [5, 5.41) is 2.30. The normalized spacial score (nSPS) is 11.4. The zero-order chi connectivity index (χ0) is 32.9. The summed E-state index contributed by atoms with van der Waals surface area (Å²) in [7, 11) is 0. The van der Waals surface area contributed by atoms with Gasteiger partial charge in [0, 0.05) is 55.7 Å². The first kappa shape index (κ1) is 28.5. The van der Waals surface area contributed by atoms with Crippen LogP contribution >= 0.6 is 0 Å². The number of para-hydroxylation sites is 5. The average Bonchev–Trinajstić information content (AvgIpc) is 3.17. The first-order valence-electron chi connectivity index (χ1n) is 16.3. The van der Waals surface area contributed by atoms with Gasteiger partial charge in [-0.25, -0.2) is 0 Å². The van der Waals surface area contributed by atoms with E-state index < -0.39 is 0 Å². The summed E-state index contributed by atoms with van der Waals surface area (Å²) >= 11 is 0. The van der Waals surface area contributed by atoms with Gasteiger partial charge >= 0.3 is 0 Å². The van der Waals surface area contributed by atoms with Crippen LogP contribution in [0.3, 0.4) is 0 Å². The molecule has 0 radical (unpaired) electrons. The van der Waals surface area contributed by atoms with E-state index in [1.165, 1.54) is 0 Å². The number of pyridine rings is 2. The van der Waals surface area contributed by atoms with Crippen LogP contribution < -0.4 is 20.7 Å². The summed E-state index contributed by atoms with van der Waals surface area (Å²) < 4.78 is 2.09. The van der Waals surface area contributed by atoms with Crippen molar-refractivity contribution < 1.29 is 0 Å². The van der Waals surface area contributed by atoms with Crippen molar-refractivity contribution in [3.8, 4) is 0 Å². The van der Waals surface area contributed by atoms with Gasteiger partial charge < -0.3 is 14.2 Å². The van der Waals surface area contributed by atoms with Crippen molar-refractivity contribution in [1.29, 1.82) is 0 Å². The highest BCUT2D eigenvalue weighted by molar-refractivity contribution is 6.08. The highest BCUT2D eigenvalue weighted by Gasteiger charge is 2.20. The Morgan fingerprint density at radius 3 is 1.24 bits per heavy atom. The SMILES string of the molecule is O=c1c2ccccc2n2c3cc(N(c4ccccc4)c4ccc(N(c5ccccc5)c5ccccc5)cc4)ccc3c(=O)c3cccc1c32. The lowest BCUT2D eigenvalue weighted by Gasteiger charge is -2.28. The highest BCUT2D eigenvalue weighted by atomic mass is 16.1. The van der Waals surface area contributed by atoms with Gasteiger partial charge in [0.1, 0.15) is 0 Å². The molecular weight excluding hydrogens is 603 g/mol. The molecule has 0 amide bonds. The molecule has 0 bridgehead atoms. The number of benzene rings is 7. The van der Waals surface area contributed by atoms with E-state index in [2.05, 4.69) is 105 Å². The van der Waals surface area contributed by atoms with Crippen LogP contribution in [0.5, 0.6) is 0 Å². The Hall–Kier alpha value is -6.72. The van der Waals surface area contributed by atoms with Crippen LogP contribution in [-0.4, -0.2) is 4.40 Å². The third kappa shape index (κ3) is 4.63. The number of nitrogens with zero attached hydrogens (tertiary/aromatic N) is 3. The van der Waals surface area contributed by atoms with E-state index in [4.69, 9.17) is 0 Å². The van der Waals surface area contributed by atoms with E-state index in [-0.39, 0.29) is 10.9 Å². The molecule has 7 aromatic carbocycles. The van der Waals surface area contributed by atoms with Gasteiger partial charge in [-0.1, -0.05) is 72.8 Å². The predicted octanol–water partition coefficient (Wildman–Crippen LogP) is 10.5. The summed E-state index contributed by atoms with van der Waals surface area (Å²) in [5.41, 5.74) is 8.04. The molecule has 0 spiro atoms. The molecule has 0 atom stereocenters. The second kappa shape index (κ2) is 11.5. The zero-order valence-electron chi connectivity index (χ0n) is 26.4. The maximum Gasteiger partial charge on any atom is 0.197 e. The van der Waals surface area contributed by atoms with E-state index in [1.807, 2.05) is 78.9 Å². The molecule has 0 saturated carbocycles. The Morgan fingerprint density at radius 2 is 0.714 bits per heavy atom. The van der Waals surface area contributed by atoms with Crippen molar-refractivity contribution in [2.75, 3.05) is 9.80 Å². The molecule has 0 aliphatic carbocycles. The molecule has 232 valence electrons. The third-order valence-corrected chi connectivity index (χ3v) is 9.27. The fraction of sp³-hybridized carbons (Fsp3) is 0. The molecule has 0 aliphatic heterocycles. The van der Waals surface area contributed by atoms with Crippen LogP contribution in [-0.2, 0) is 0 Å². The smallest absolute Gasteiger partial charge is 0.197 e. The minimum atomic E-state index is -0.0839. The minimum Gasteiger partial charge on any atom is -0.311 e. The minimum absolute atomic E-state index is 0.0674. The lowest BCUT2D eigenvalue weighted by Crippen LogP contribution is -2.15. The van der Waals surface area contributed by atoms with E-state index in [0.29, 0.717) is 27.1 Å². The molecule has 5 nitrogen and oxygen atoms in total. The molecule has 9 aromatic rings. The Bertz CT molecular complexity index is 2690. The highest BCUT2D eigenvalue weighted by Crippen LogP contribution is 2.40. The third-order valence-electron chi connectivity index (χ3n) is 9.27. The van der Waals surface area contributed by atoms with Crippen molar-refractivity contribution in [2.24, 2.45) is 0 Å². The lowest BCUT2D eigenvalue weighted by molar-refractivity contribution is 1.25. The van der Waals surface area contributed by atoms with E-state index in [9.17, 15) is 9.59 Å². The van der Waals surface area contributed by atoms with Gasteiger partial charge in [-0.2, -0.15) is 0 Å². The number of anilines is 6. The number of aromatic nitrogens is 1. The van der Waals surface area contributed by atoms with Crippen molar-refractivity contribution in [1.82, 2.24) is 4.40 Å². The quantitative estimate of drug-likeness (QED) is 0.135. The van der Waals surface area contributed by atoms with Gasteiger partial charge in [0.2, 0.25) is 0 Å². The molecular formula is C44H29N3O2. The van der Waals surface area contributed by atoms with Crippen LogP contribution in [0.25, 0.3) is 38.1 Å². The Kier molecular flexibility index (Phi) is 6.69. The molecule has 0 unspecified atom stereocenters. The van der Waals surface area contributed by atoms with Gasteiger partial charge in [0.25, 0.3) is 0 Å². The molecule has 0 saturated heterocycles. The van der Waals surface area contributed by atoms with E-state index in [1.54, 1.807) is 6.07 Å². The first-order valence-corrected chi connectivity index (χ1v) is 16.3. The predicted molar refractivity (Wildman–Crippen MR) is 203 cm³/mol. The molecule has 49 heavy (non-hydrogen) atoms. The van der Waals surface area contributed by atoms with Crippen LogP contribution in [0.15, 0.2) is 186 Å². The van der Waals surface area contributed by atoms with Gasteiger partial charge in [-0.15, -0.1) is 0 Å². The van der Waals surface area contributed by atoms with Crippen LogP contribution in [0.4, 0.5) is 34.1 Å². The van der Waals surface area contributed by atoms with Crippen LogP contribution in [0.1, 0.15) is 0 Å². The number of rotatable bonds is 6. The largest absolute Gasteiger partial charge is 0.311 e. The summed E-state index contributed by atoms with van der Waals surface area (Å²) in [6.45, 7) is 0. The van der Waals surface area contributed by atoms with Crippen molar-refractivity contribution in [3.63, 3.8) is 0 Å². The maximum atomic E-state index is 14.0. The van der Waals surface area contributed by atoms with Crippen molar-refractivity contribution >= 4 is 72.2 Å². The average molecular weight is 632 g/mol. The summed E-state index contributed by atoms with van der Waals surface area (Å²) in [6, 6.07) is 58.6. The topological polar surface area (TPSA) is 45.0 Å². The van der Waals surface area contributed by atoms with Crippen LogP contribution in [0.2, 0.25) is 0 Å². The second-order valence-electron chi connectivity index (χ2n) is 12.1. The Labute approximate surface area is 282 Å². The molecule has 0 aliphatic rings. The number of hydrogen-bond acceptors (Lipinski definition) is 4. The first-order chi connectivity index (χ1) is 24.2. The van der Waals surface area contributed by atoms with Crippen molar-refractivity contribution in [3.05, 3.63) is 196 Å². The molecule has 0 fully saturated rings. The molecule has 9 rings (SSSR count). The second-order valence-corrected chi connectivity index (χ2v) is 12.1. The Morgan fingerprint density at radius 1 is 0.327 bits per heavy atom. The fourth-order valence-electron chi connectivity index (χ4n) is 7.08. The summed E-state index contributed by atoms with van der Waals surface area (Å²) in [5.74, 6) is 0. The molecule has 5 heteroatoms. The van der Waals surface area contributed by atoms with E-state index >= 15 is 0 Å². The number of fused-ring (bicyclic) bond motifs is 4. The van der Waals surface area contributed by atoms with Gasteiger partial charge in [-0.3, -0.25) is 9.59 Å². The summed E-state index contributed by atoms with van der Waals surface area (Å²) in [4.78, 5) is 32.0. The standard InChI is InChI=1S/C44H29N3O2/c48-43-36-19-10-11-22-40(36)47-41-29-35(27-28-37(41)44(49)39-21-12-20-38(43)42(39)47)46(32-17-8-3-9-18-32)34-25-23-33(24-26-34)45(30-13-4-1-5-14-30)31-15-6-2-7-16-31/h1-29H. The molecule has 2 heterocycles. The Balaban J connectivity index is 1.26. The van der Waals surface area contributed by atoms with Crippen molar-refractivity contribution in [2.45, 2.75) is 0 Å². The molecule has 0 N–H and O–H groups in total. The zero-order valence-corrected chi connectivity index (χ0v) is 26.4. The van der Waals surface area contributed by atoms with Gasteiger partial charge in [0.15, 0.2) is 10.9 Å². The summed E-state index contributed by atoms with van der Waals surface area (Å²) in [6.07, 6.45) is 0. The monoisotopic (exact) mass is 631 g/mol. The fourth-order valence-corrected chi connectivity index (χ4v) is 7.08. The van der Waals surface area contributed by atoms with E-state index in [0.717, 1.165) is 45.2 Å². The van der Waals surface area contributed by atoms with Gasteiger partial charge in [0.05, 0.1) is 16.6 Å². The maximum absolute atomic E-state index is 14.0. The molecule has 2 aromatic heterocycles. The van der Waals surface area contributed by atoms with Gasteiger partial charge in [-0.05, 0) is 103 Å².